The van der Waals surface area contributed by atoms with Gasteiger partial charge in [0.2, 0.25) is 0 Å². The molecule has 2 aliphatic heterocycles. The molecular weight excluding hydrogens is 244 g/mol. The van der Waals surface area contributed by atoms with Gasteiger partial charge in [0.1, 0.15) is 0 Å². The van der Waals surface area contributed by atoms with Gasteiger partial charge in [0.15, 0.2) is 11.4 Å². The van der Waals surface area contributed by atoms with Gasteiger partial charge in [-0.2, -0.15) is 20.5 Å². The highest BCUT2D eigenvalue weighted by Crippen LogP contribution is 2.66. The highest BCUT2D eigenvalue weighted by atomic mass is 16.5. The summed E-state index contributed by atoms with van der Waals surface area (Å²) in [5.41, 5.74) is -1.51. The van der Waals surface area contributed by atoms with Gasteiger partial charge in [-0.3, -0.25) is 0 Å². The first-order valence-electron chi connectivity index (χ1n) is 6.90. The molecule has 2 bridgehead atoms. The topological polar surface area (TPSA) is 67.9 Å². The van der Waals surface area contributed by atoms with Gasteiger partial charge < -0.3 is 9.47 Å². The molecule has 6 atom stereocenters. The summed E-state index contributed by atoms with van der Waals surface area (Å²) in [5.74, 6) is 0.629. The predicted octanol–water partition coefficient (Wildman–Crippen LogP) is 2.55. The van der Waals surface area contributed by atoms with Crippen LogP contribution in [0.25, 0.3) is 0 Å². The lowest BCUT2D eigenvalue weighted by molar-refractivity contribution is -0.181. The Morgan fingerprint density at radius 2 is 1.21 bits per heavy atom. The lowest BCUT2D eigenvalue weighted by Gasteiger charge is -2.55. The van der Waals surface area contributed by atoms with Crippen LogP contribution in [0.5, 0.6) is 0 Å². The van der Waals surface area contributed by atoms with Gasteiger partial charge in [0, 0.05) is 38.9 Å². The van der Waals surface area contributed by atoms with E-state index in [1.165, 1.54) is 0 Å². The Morgan fingerprint density at radius 3 is 1.58 bits per heavy atom. The minimum absolute atomic E-state index is 0.243. The molecule has 2 fully saturated rings. The second-order valence-electron chi connectivity index (χ2n) is 6.91. The average molecular weight is 264 g/mol. The van der Waals surface area contributed by atoms with Crippen LogP contribution in [0.15, 0.2) is 20.5 Å². The summed E-state index contributed by atoms with van der Waals surface area (Å²) < 4.78 is 11.6. The normalized spacial score (nSPS) is 60.8. The Labute approximate surface area is 112 Å². The molecule has 0 amide bonds. The van der Waals surface area contributed by atoms with Gasteiger partial charge in [-0.05, 0) is 20.3 Å². The second kappa shape index (κ2) is 3.06. The summed E-state index contributed by atoms with van der Waals surface area (Å²) in [4.78, 5) is 0. The molecule has 2 saturated carbocycles. The Kier molecular flexibility index (Phi) is 1.92. The van der Waals surface area contributed by atoms with Crippen LogP contribution >= 0.6 is 0 Å². The van der Waals surface area contributed by atoms with Crippen molar-refractivity contribution in [2.75, 3.05) is 14.2 Å². The molecule has 0 saturated heterocycles. The van der Waals surface area contributed by atoms with E-state index in [9.17, 15) is 0 Å². The maximum absolute atomic E-state index is 5.80. The fraction of sp³-hybridized carbons (Fsp3) is 1.00. The number of hydrogen-bond acceptors (Lipinski definition) is 6. The third-order valence-corrected chi connectivity index (χ3v) is 5.89. The van der Waals surface area contributed by atoms with Crippen molar-refractivity contribution in [3.63, 3.8) is 0 Å². The van der Waals surface area contributed by atoms with E-state index in [0.29, 0.717) is 11.8 Å². The first kappa shape index (κ1) is 11.9. The quantitative estimate of drug-likeness (QED) is 0.769. The Bertz CT molecular complexity index is 465. The number of rotatable bonds is 2. The van der Waals surface area contributed by atoms with Crippen LogP contribution in [0.3, 0.4) is 0 Å². The summed E-state index contributed by atoms with van der Waals surface area (Å²) in [6.45, 7) is 4.30. The summed E-state index contributed by atoms with van der Waals surface area (Å²) in [7, 11) is 3.47. The minimum atomic E-state index is -0.511. The highest BCUT2D eigenvalue weighted by molar-refractivity contribution is 5.24. The van der Waals surface area contributed by atoms with E-state index in [0.717, 1.165) is 19.3 Å². The van der Waals surface area contributed by atoms with Gasteiger partial charge >= 0.3 is 0 Å². The van der Waals surface area contributed by atoms with Crippen molar-refractivity contribution in [3.8, 4) is 0 Å². The molecule has 19 heavy (non-hydrogen) atoms. The summed E-state index contributed by atoms with van der Waals surface area (Å²) >= 11 is 0. The number of azo groups is 2. The molecule has 0 spiro atoms. The molecule has 6 nitrogen and oxygen atoms in total. The SMILES string of the molecule is CO[C@@]12C[C@@]3(C)N=N[C@@]4(OC)C[C@@](C)(N=N1)[C@@H]2C[C@@H]34. The Balaban J connectivity index is 1.90. The first-order chi connectivity index (χ1) is 8.92. The van der Waals surface area contributed by atoms with E-state index in [4.69, 9.17) is 9.47 Å². The zero-order valence-corrected chi connectivity index (χ0v) is 11.9. The summed E-state index contributed by atoms with van der Waals surface area (Å²) in [6.07, 6.45) is 2.47. The van der Waals surface area contributed by atoms with E-state index >= 15 is 0 Å². The predicted molar refractivity (Wildman–Crippen MR) is 66.8 cm³/mol. The van der Waals surface area contributed by atoms with Crippen LogP contribution in [0.1, 0.15) is 33.1 Å². The van der Waals surface area contributed by atoms with Crippen molar-refractivity contribution in [1.82, 2.24) is 0 Å². The van der Waals surface area contributed by atoms with Crippen molar-refractivity contribution < 1.29 is 9.47 Å². The van der Waals surface area contributed by atoms with Gasteiger partial charge in [-0.25, -0.2) is 0 Å². The molecule has 2 aliphatic carbocycles. The minimum Gasteiger partial charge on any atom is -0.355 e. The van der Waals surface area contributed by atoms with Crippen molar-refractivity contribution in [2.45, 2.75) is 55.6 Å². The molecule has 0 aromatic heterocycles. The molecule has 4 rings (SSSR count). The van der Waals surface area contributed by atoms with Crippen LogP contribution in [-0.4, -0.2) is 36.7 Å². The molecule has 0 radical (unpaired) electrons. The average Bonchev–Trinajstić information content (AvgIpc) is 2.86. The van der Waals surface area contributed by atoms with E-state index < -0.39 is 11.4 Å². The fourth-order valence-electron chi connectivity index (χ4n) is 4.93. The maximum atomic E-state index is 5.80. The van der Waals surface area contributed by atoms with Gasteiger partial charge in [0.05, 0.1) is 11.1 Å². The van der Waals surface area contributed by atoms with E-state index in [2.05, 4.69) is 34.3 Å². The summed E-state index contributed by atoms with van der Waals surface area (Å²) in [6, 6.07) is 0. The van der Waals surface area contributed by atoms with Crippen molar-refractivity contribution in [2.24, 2.45) is 32.3 Å². The lowest BCUT2D eigenvalue weighted by atomic mass is 9.53. The molecule has 4 aliphatic rings. The van der Waals surface area contributed by atoms with Crippen LogP contribution in [-0.2, 0) is 9.47 Å². The van der Waals surface area contributed by atoms with Gasteiger partial charge in [-0.1, -0.05) is 0 Å². The Morgan fingerprint density at radius 1 is 0.789 bits per heavy atom. The van der Waals surface area contributed by atoms with Crippen LogP contribution in [0.2, 0.25) is 0 Å². The van der Waals surface area contributed by atoms with Gasteiger partial charge in [0.25, 0.3) is 0 Å². The standard InChI is InChI=1S/C13H20N4O2/c1-10-6-12(18-3)9-5-8(10)13(19-4,16-14-10)7-11(9,2)15-17-12/h8-9H,5-7H2,1-4H3/t8-,9-,10+,11+,12+,13+/m0/s1. The fourth-order valence-corrected chi connectivity index (χ4v) is 4.93. The van der Waals surface area contributed by atoms with Crippen molar-refractivity contribution >= 4 is 0 Å². The lowest BCUT2D eigenvalue weighted by Crippen LogP contribution is -2.65. The van der Waals surface area contributed by atoms with Crippen molar-refractivity contribution in [1.29, 1.82) is 0 Å². The third-order valence-electron chi connectivity index (χ3n) is 5.89. The second-order valence-corrected chi connectivity index (χ2v) is 6.91. The third kappa shape index (κ3) is 1.12. The zero-order valence-electron chi connectivity index (χ0n) is 11.9. The van der Waals surface area contributed by atoms with E-state index in [1.807, 2.05) is 0 Å². The number of methoxy groups -OCH3 is 2. The molecule has 0 N–H and O–H groups in total. The maximum Gasteiger partial charge on any atom is 0.186 e. The van der Waals surface area contributed by atoms with E-state index in [-0.39, 0.29) is 11.1 Å². The number of ether oxygens (including phenoxy) is 2. The van der Waals surface area contributed by atoms with Gasteiger partial charge in [-0.15, -0.1) is 0 Å². The molecule has 0 aromatic rings. The summed E-state index contributed by atoms with van der Waals surface area (Å²) in [5, 5.41) is 18.2. The molecule has 2 heterocycles. The largest absolute Gasteiger partial charge is 0.355 e. The molecule has 104 valence electrons. The molecular formula is C13H20N4O2. The highest BCUT2D eigenvalue weighted by Gasteiger charge is 2.74. The number of hydrogen-bond donors (Lipinski definition) is 0. The zero-order chi connectivity index (χ0) is 13.5. The van der Waals surface area contributed by atoms with Crippen LogP contribution in [0.4, 0.5) is 0 Å². The van der Waals surface area contributed by atoms with Crippen LogP contribution < -0.4 is 0 Å². The number of nitrogens with zero attached hydrogens (tertiary/aromatic N) is 4. The van der Waals surface area contributed by atoms with Crippen molar-refractivity contribution in [3.05, 3.63) is 0 Å². The van der Waals surface area contributed by atoms with E-state index in [1.54, 1.807) is 14.2 Å². The smallest absolute Gasteiger partial charge is 0.186 e. The Hall–Kier alpha value is -0.880. The molecule has 6 heteroatoms. The molecule has 0 unspecified atom stereocenters. The monoisotopic (exact) mass is 264 g/mol. The van der Waals surface area contributed by atoms with Crippen LogP contribution in [0, 0.1) is 11.8 Å². The molecule has 0 aromatic carbocycles. The first-order valence-corrected chi connectivity index (χ1v) is 6.90.